The van der Waals surface area contributed by atoms with Crippen LogP contribution in [0.3, 0.4) is 0 Å². The molecule has 2 rings (SSSR count). The van der Waals surface area contributed by atoms with Crippen molar-refractivity contribution in [3.05, 3.63) is 17.8 Å². The summed E-state index contributed by atoms with van der Waals surface area (Å²) in [5.41, 5.74) is 7.47. The van der Waals surface area contributed by atoms with E-state index in [-0.39, 0.29) is 11.8 Å². The Balaban J connectivity index is 1.70. The van der Waals surface area contributed by atoms with E-state index in [2.05, 4.69) is 15.6 Å². The van der Waals surface area contributed by atoms with E-state index >= 15 is 0 Å². The Morgan fingerprint density at radius 3 is 2.94 bits per heavy atom. The largest absolute Gasteiger partial charge is 0.398 e. The van der Waals surface area contributed by atoms with Crippen LogP contribution in [0.1, 0.15) is 18.4 Å². The molecule has 1 amide bonds. The molecule has 0 bridgehead atoms. The van der Waals surface area contributed by atoms with Gasteiger partial charge in [0.1, 0.15) is 5.82 Å². The highest BCUT2D eigenvalue weighted by molar-refractivity contribution is 5.80. The van der Waals surface area contributed by atoms with Crippen LogP contribution >= 0.6 is 0 Å². The summed E-state index contributed by atoms with van der Waals surface area (Å²) in [6.45, 7) is 3.20. The van der Waals surface area contributed by atoms with Crippen molar-refractivity contribution < 1.29 is 4.79 Å². The third kappa shape index (κ3) is 3.34. The van der Waals surface area contributed by atoms with Gasteiger partial charge < -0.3 is 16.4 Å². The maximum Gasteiger partial charge on any atom is 0.223 e. The van der Waals surface area contributed by atoms with Gasteiger partial charge in [-0.05, 0) is 25.3 Å². The number of aryl methyl sites for hydroxylation is 1. The number of nitrogens with zero attached hydrogens (tertiary/aromatic N) is 1. The number of aromatic nitrogens is 1. The van der Waals surface area contributed by atoms with Crippen molar-refractivity contribution in [2.24, 2.45) is 5.92 Å². The Morgan fingerprint density at radius 2 is 2.29 bits per heavy atom. The molecule has 4 N–H and O–H groups in total. The number of nitrogen functional groups attached to an aromatic ring is 1. The summed E-state index contributed by atoms with van der Waals surface area (Å²) in [4.78, 5) is 15.5. The molecule has 0 unspecified atom stereocenters. The predicted molar refractivity (Wildman–Crippen MR) is 67.6 cm³/mol. The Labute approximate surface area is 101 Å². The zero-order chi connectivity index (χ0) is 12.3. The van der Waals surface area contributed by atoms with Crippen molar-refractivity contribution >= 4 is 17.4 Å². The number of rotatable bonds is 5. The van der Waals surface area contributed by atoms with Gasteiger partial charge in [-0.3, -0.25) is 4.79 Å². The molecule has 5 nitrogen and oxygen atoms in total. The number of nitrogens with one attached hydrogen (secondary N) is 2. The summed E-state index contributed by atoms with van der Waals surface area (Å²) in [5.74, 6) is 1.18. The Hall–Kier alpha value is -1.78. The lowest BCUT2D eigenvalue weighted by atomic mass is 10.2. The summed E-state index contributed by atoms with van der Waals surface area (Å²) in [6, 6.07) is 1.80. The van der Waals surface area contributed by atoms with Crippen LogP contribution in [0.2, 0.25) is 0 Å². The normalized spacial score (nSPS) is 14.4. The monoisotopic (exact) mass is 234 g/mol. The van der Waals surface area contributed by atoms with Gasteiger partial charge >= 0.3 is 0 Å². The van der Waals surface area contributed by atoms with Crippen LogP contribution in [0.5, 0.6) is 0 Å². The fraction of sp³-hybridized carbons (Fsp3) is 0.500. The molecule has 0 aliphatic heterocycles. The molecule has 1 aromatic rings. The molecule has 1 aliphatic carbocycles. The first-order valence-electron chi connectivity index (χ1n) is 5.90. The summed E-state index contributed by atoms with van der Waals surface area (Å²) in [5, 5.41) is 6.00. The predicted octanol–water partition coefficient (Wildman–Crippen LogP) is 0.910. The minimum atomic E-state index is 0.170. The van der Waals surface area contributed by atoms with Gasteiger partial charge in [0.25, 0.3) is 0 Å². The van der Waals surface area contributed by atoms with Crippen molar-refractivity contribution in [1.29, 1.82) is 0 Å². The molecule has 17 heavy (non-hydrogen) atoms. The molecule has 1 fully saturated rings. The molecule has 0 aromatic carbocycles. The second-order valence-electron chi connectivity index (χ2n) is 4.42. The van der Waals surface area contributed by atoms with Crippen molar-refractivity contribution in [2.75, 3.05) is 24.1 Å². The first-order chi connectivity index (χ1) is 8.16. The molecular weight excluding hydrogens is 216 g/mol. The van der Waals surface area contributed by atoms with Gasteiger partial charge in [0, 0.05) is 37.0 Å². The second-order valence-corrected chi connectivity index (χ2v) is 4.42. The zero-order valence-electron chi connectivity index (χ0n) is 9.99. The van der Waals surface area contributed by atoms with E-state index < -0.39 is 0 Å². The van der Waals surface area contributed by atoms with Crippen LogP contribution in [0, 0.1) is 12.8 Å². The number of carbonyl (C=O) groups is 1. The number of carbonyl (C=O) groups excluding carboxylic acids is 1. The van der Waals surface area contributed by atoms with Crippen molar-refractivity contribution in [3.8, 4) is 0 Å². The van der Waals surface area contributed by atoms with Crippen LogP contribution < -0.4 is 16.4 Å². The van der Waals surface area contributed by atoms with E-state index in [0.717, 1.165) is 29.9 Å². The average Bonchev–Trinajstić information content (AvgIpc) is 3.13. The van der Waals surface area contributed by atoms with Crippen LogP contribution in [-0.4, -0.2) is 24.0 Å². The second kappa shape index (κ2) is 5.03. The van der Waals surface area contributed by atoms with E-state index in [9.17, 15) is 4.79 Å². The first kappa shape index (κ1) is 11.7. The van der Waals surface area contributed by atoms with E-state index in [1.807, 2.05) is 6.92 Å². The number of nitrogens with two attached hydrogens (primary N) is 1. The lowest BCUT2D eigenvalue weighted by Crippen LogP contribution is -2.29. The highest BCUT2D eigenvalue weighted by Gasteiger charge is 2.28. The lowest BCUT2D eigenvalue weighted by Gasteiger charge is -2.08. The first-order valence-corrected chi connectivity index (χ1v) is 5.90. The van der Waals surface area contributed by atoms with Gasteiger partial charge in [-0.15, -0.1) is 0 Å². The molecule has 5 heteroatoms. The molecule has 0 saturated heterocycles. The van der Waals surface area contributed by atoms with Crippen molar-refractivity contribution in [3.63, 3.8) is 0 Å². The molecular formula is C12H18N4O. The quantitative estimate of drug-likeness (QED) is 0.662. The number of hydrogen-bond acceptors (Lipinski definition) is 4. The summed E-state index contributed by atoms with van der Waals surface area (Å²) < 4.78 is 0. The summed E-state index contributed by atoms with van der Waals surface area (Å²) in [7, 11) is 0. The fourth-order valence-electron chi connectivity index (χ4n) is 1.50. The van der Waals surface area contributed by atoms with Gasteiger partial charge in [0.05, 0.1) is 0 Å². The van der Waals surface area contributed by atoms with E-state index in [1.165, 1.54) is 0 Å². The highest BCUT2D eigenvalue weighted by atomic mass is 16.2. The highest BCUT2D eigenvalue weighted by Crippen LogP contribution is 2.28. The lowest BCUT2D eigenvalue weighted by molar-refractivity contribution is -0.122. The summed E-state index contributed by atoms with van der Waals surface area (Å²) >= 11 is 0. The molecule has 1 aliphatic rings. The van der Waals surface area contributed by atoms with Crippen LogP contribution in [0.4, 0.5) is 11.5 Å². The fourth-order valence-corrected chi connectivity index (χ4v) is 1.50. The van der Waals surface area contributed by atoms with Crippen LogP contribution in [0.25, 0.3) is 0 Å². The van der Waals surface area contributed by atoms with Gasteiger partial charge in [-0.1, -0.05) is 0 Å². The Morgan fingerprint density at radius 1 is 1.53 bits per heavy atom. The minimum absolute atomic E-state index is 0.170. The van der Waals surface area contributed by atoms with Gasteiger partial charge in [0.15, 0.2) is 0 Å². The molecule has 0 radical (unpaired) electrons. The van der Waals surface area contributed by atoms with E-state index in [4.69, 9.17) is 5.73 Å². The topological polar surface area (TPSA) is 80.0 Å². The minimum Gasteiger partial charge on any atom is -0.398 e. The summed E-state index contributed by atoms with van der Waals surface area (Å²) in [6.07, 6.45) is 3.81. The maximum atomic E-state index is 11.3. The van der Waals surface area contributed by atoms with Crippen LogP contribution in [-0.2, 0) is 4.79 Å². The SMILES string of the molecule is Cc1cnc(NCCNC(=O)C2CC2)cc1N. The molecule has 0 atom stereocenters. The van der Waals surface area contributed by atoms with Crippen LogP contribution in [0.15, 0.2) is 12.3 Å². The Bertz CT molecular complexity index is 415. The number of pyridine rings is 1. The van der Waals surface area contributed by atoms with E-state index in [1.54, 1.807) is 12.3 Å². The zero-order valence-corrected chi connectivity index (χ0v) is 9.99. The number of hydrogen-bond donors (Lipinski definition) is 3. The third-order valence-corrected chi connectivity index (χ3v) is 2.82. The molecule has 0 spiro atoms. The molecule has 1 saturated carbocycles. The third-order valence-electron chi connectivity index (χ3n) is 2.82. The standard InChI is InChI=1S/C12H18N4O/c1-8-7-16-11(6-10(8)13)14-4-5-15-12(17)9-2-3-9/h6-7,9H,2-5H2,1H3,(H,15,17)(H3,13,14,16). The smallest absolute Gasteiger partial charge is 0.223 e. The van der Waals surface area contributed by atoms with Crippen molar-refractivity contribution in [1.82, 2.24) is 10.3 Å². The maximum absolute atomic E-state index is 11.3. The van der Waals surface area contributed by atoms with Crippen molar-refractivity contribution in [2.45, 2.75) is 19.8 Å². The van der Waals surface area contributed by atoms with Gasteiger partial charge in [-0.2, -0.15) is 0 Å². The average molecular weight is 234 g/mol. The molecule has 1 aromatic heterocycles. The van der Waals surface area contributed by atoms with E-state index in [0.29, 0.717) is 13.1 Å². The number of amides is 1. The van der Waals surface area contributed by atoms with Gasteiger partial charge in [-0.25, -0.2) is 4.98 Å². The Kier molecular flexibility index (Phi) is 3.46. The molecule has 1 heterocycles. The van der Waals surface area contributed by atoms with Gasteiger partial charge in [0.2, 0.25) is 5.91 Å². The number of anilines is 2. The molecule has 92 valence electrons.